The first-order valence-corrected chi connectivity index (χ1v) is 21.3. The summed E-state index contributed by atoms with van der Waals surface area (Å²) < 4.78 is 11.5. The summed E-state index contributed by atoms with van der Waals surface area (Å²) in [7, 11) is 0. The van der Waals surface area contributed by atoms with Gasteiger partial charge in [0.2, 0.25) is 5.91 Å². The number of morpholine rings is 1. The van der Waals surface area contributed by atoms with Gasteiger partial charge in [0.05, 0.1) is 25.3 Å². The number of aliphatic imine (C=N–C) groups is 1. The van der Waals surface area contributed by atoms with Gasteiger partial charge in [0.15, 0.2) is 5.17 Å². The minimum absolute atomic E-state index is 0.0661. The second-order valence-corrected chi connectivity index (χ2v) is 17.4. The number of nitrogens with zero attached hydrogens (tertiary/aromatic N) is 4. The Morgan fingerprint density at radius 3 is 2.09 bits per heavy atom. The van der Waals surface area contributed by atoms with Crippen molar-refractivity contribution in [3.05, 3.63) is 140 Å². The Kier molecular flexibility index (Phi) is 10.7. The molecule has 1 N–H and O–H groups in total. The molecular weight excluding hydrogens is 793 g/mol. The molecule has 4 atom stereocenters. The lowest BCUT2D eigenvalue weighted by molar-refractivity contribution is -0.144. The molecule has 5 aliphatic rings. The van der Waals surface area contributed by atoms with Crippen molar-refractivity contribution in [1.82, 2.24) is 20.0 Å². The summed E-state index contributed by atoms with van der Waals surface area (Å²) in [4.78, 5) is 54.2. The lowest BCUT2D eigenvalue weighted by atomic mass is 9.92. The van der Waals surface area contributed by atoms with Gasteiger partial charge in [-0.15, -0.1) is 0 Å². The molecule has 0 bridgehead atoms. The Bertz CT molecular complexity index is 2270. The lowest BCUT2D eigenvalue weighted by Gasteiger charge is -2.33. The minimum Gasteiger partial charge on any atom is -0.449 e. The smallest absolute Gasteiger partial charge is 0.407 e. The Balaban J connectivity index is 0.984. The van der Waals surface area contributed by atoms with Crippen molar-refractivity contribution in [2.75, 3.05) is 39.5 Å². The number of carbonyl (C=O) groups excluding carboxylic acids is 3. The van der Waals surface area contributed by atoms with Crippen LogP contribution in [0.1, 0.15) is 60.5 Å². The molecule has 9 rings (SSSR count). The Morgan fingerprint density at radius 1 is 0.862 bits per heavy atom. The van der Waals surface area contributed by atoms with Crippen molar-refractivity contribution in [1.29, 1.82) is 0 Å². The van der Waals surface area contributed by atoms with E-state index in [4.69, 9.17) is 37.7 Å². The highest BCUT2D eigenvalue weighted by molar-refractivity contribution is 8.18. The molecule has 4 aromatic carbocycles. The van der Waals surface area contributed by atoms with Gasteiger partial charge in [-0.3, -0.25) is 14.6 Å². The maximum absolute atomic E-state index is 15.0. The fraction of sp³-hybridized carbons (Fsp3) is 0.333. The van der Waals surface area contributed by atoms with Crippen LogP contribution in [-0.4, -0.2) is 89.3 Å². The van der Waals surface area contributed by atoms with Crippen molar-refractivity contribution in [3.8, 4) is 11.1 Å². The van der Waals surface area contributed by atoms with Gasteiger partial charge < -0.3 is 29.5 Å². The molecule has 2 fully saturated rings. The standard InChI is InChI=1S/C45H43Cl2N5O5S/c1-26(2)39-41(58-44-49-38(27-11-15-29(46)16-12-27)40(52(39)44)28-13-17-30(47)18-14-28)43(54)51-24-31(23-37(51)42(53)50-19-21-56-22-20-50)48-45(55)57-25-36-34-9-5-3-7-32(34)33-8-4-6-10-35(33)36/h3-18,26,31,36-38,40H,19-25H2,1-2H3,(H,48,55)/t31-,37?,38-,40+/m0/s1. The van der Waals surface area contributed by atoms with E-state index in [1.165, 1.54) is 11.8 Å². The van der Waals surface area contributed by atoms with E-state index in [9.17, 15) is 9.59 Å². The van der Waals surface area contributed by atoms with E-state index >= 15 is 4.79 Å². The topological polar surface area (TPSA) is 104 Å². The number of halogens is 2. The molecule has 10 nitrogen and oxygen atoms in total. The number of amides is 3. The fourth-order valence-corrected chi connectivity index (χ4v) is 10.6. The minimum atomic E-state index is -0.780. The van der Waals surface area contributed by atoms with Crippen molar-refractivity contribution in [2.45, 2.75) is 50.4 Å². The second kappa shape index (κ2) is 16.1. The molecule has 4 aromatic rings. The summed E-state index contributed by atoms with van der Waals surface area (Å²) >= 11 is 14.0. The van der Waals surface area contributed by atoms with Gasteiger partial charge in [0.25, 0.3) is 5.91 Å². The molecule has 0 saturated carbocycles. The van der Waals surface area contributed by atoms with Crippen LogP contribution in [0, 0.1) is 5.92 Å². The van der Waals surface area contributed by atoms with Crippen LogP contribution < -0.4 is 5.32 Å². The monoisotopic (exact) mass is 835 g/mol. The molecule has 1 unspecified atom stereocenters. The van der Waals surface area contributed by atoms with Crippen LogP contribution in [0.5, 0.6) is 0 Å². The molecular formula is C45H43Cl2N5O5S. The molecule has 298 valence electrons. The van der Waals surface area contributed by atoms with Gasteiger partial charge >= 0.3 is 6.09 Å². The zero-order valence-corrected chi connectivity index (χ0v) is 34.5. The van der Waals surface area contributed by atoms with Crippen molar-refractivity contribution < 1.29 is 23.9 Å². The van der Waals surface area contributed by atoms with E-state index in [-0.39, 0.29) is 55.3 Å². The predicted molar refractivity (Wildman–Crippen MR) is 227 cm³/mol. The van der Waals surface area contributed by atoms with Crippen LogP contribution >= 0.6 is 35.0 Å². The summed E-state index contributed by atoms with van der Waals surface area (Å²) in [5, 5.41) is 5.01. The third-order valence-electron chi connectivity index (χ3n) is 11.7. The van der Waals surface area contributed by atoms with Gasteiger partial charge in [-0.2, -0.15) is 0 Å². The molecule has 0 radical (unpaired) electrons. The third-order valence-corrected chi connectivity index (χ3v) is 13.3. The van der Waals surface area contributed by atoms with Gasteiger partial charge in [-0.25, -0.2) is 4.79 Å². The molecule has 0 aromatic heterocycles. The summed E-state index contributed by atoms with van der Waals surface area (Å²) in [6, 6.07) is 30.1. The third kappa shape index (κ3) is 7.16. The number of ether oxygens (including phenoxy) is 2. The summed E-state index contributed by atoms with van der Waals surface area (Å²) in [5.41, 5.74) is 7.38. The van der Waals surface area contributed by atoms with Crippen LogP contribution in [0.2, 0.25) is 10.0 Å². The SMILES string of the molecule is CC(C)C1=C(C(=O)N2C[C@@H](NC(=O)OCC3c4ccccc4-c4ccccc43)CC2C(=O)N2CCOCC2)SC2=N[C@@H](c3ccc(Cl)cc3)[C@@H](c3ccc(Cl)cc3)N21. The molecule has 13 heteroatoms. The van der Waals surface area contributed by atoms with Crippen molar-refractivity contribution in [2.24, 2.45) is 10.9 Å². The Labute approximate surface area is 352 Å². The number of thioether (sulfide) groups is 1. The van der Waals surface area contributed by atoms with Gasteiger partial charge in [0, 0.05) is 41.3 Å². The average molecular weight is 837 g/mol. The lowest BCUT2D eigenvalue weighted by Crippen LogP contribution is -2.51. The van der Waals surface area contributed by atoms with Gasteiger partial charge in [-0.1, -0.05) is 110 Å². The van der Waals surface area contributed by atoms with E-state index < -0.39 is 18.2 Å². The van der Waals surface area contributed by atoms with Crippen LogP contribution in [-0.2, 0) is 19.1 Å². The molecule has 0 spiro atoms. The highest BCUT2D eigenvalue weighted by Crippen LogP contribution is 2.54. The fourth-order valence-electron chi connectivity index (χ4n) is 9.03. The first-order chi connectivity index (χ1) is 28.2. The van der Waals surface area contributed by atoms with Crippen LogP contribution in [0.25, 0.3) is 11.1 Å². The predicted octanol–water partition coefficient (Wildman–Crippen LogP) is 8.43. The first kappa shape index (κ1) is 38.7. The quantitative estimate of drug-likeness (QED) is 0.190. The van der Waals surface area contributed by atoms with Crippen LogP contribution in [0.15, 0.2) is 113 Å². The van der Waals surface area contributed by atoms with E-state index in [1.54, 1.807) is 9.80 Å². The maximum atomic E-state index is 15.0. The highest BCUT2D eigenvalue weighted by Gasteiger charge is 2.50. The normalized spacial score (nSPS) is 22.6. The number of carbonyl (C=O) groups is 3. The van der Waals surface area contributed by atoms with E-state index in [1.807, 2.05) is 72.8 Å². The van der Waals surface area contributed by atoms with Gasteiger partial charge in [0.1, 0.15) is 23.6 Å². The number of hydrogen-bond acceptors (Lipinski definition) is 8. The summed E-state index contributed by atoms with van der Waals surface area (Å²) in [6.45, 7) is 6.21. The number of hydrogen-bond donors (Lipinski definition) is 1. The number of likely N-dealkylation sites (tertiary alicyclic amines) is 1. The zero-order valence-electron chi connectivity index (χ0n) is 32.1. The molecule has 4 aliphatic heterocycles. The van der Waals surface area contributed by atoms with Crippen molar-refractivity contribution in [3.63, 3.8) is 0 Å². The molecule has 2 saturated heterocycles. The highest BCUT2D eigenvalue weighted by atomic mass is 35.5. The van der Waals surface area contributed by atoms with Gasteiger partial charge in [-0.05, 0) is 81.7 Å². The number of rotatable bonds is 8. The average Bonchev–Trinajstić information content (AvgIpc) is 4.00. The number of fused-ring (bicyclic) bond motifs is 4. The van der Waals surface area contributed by atoms with Crippen molar-refractivity contribution >= 4 is 58.0 Å². The number of allylic oxidation sites excluding steroid dienone is 1. The molecule has 3 amide bonds. The number of alkyl carbamates (subject to hydrolysis) is 1. The van der Waals surface area contributed by atoms with E-state index in [2.05, 4.69) is 48.3 Å². The maximum Gasteiger partial charge on any atom is 0.407 e. The summed E-state index contributed by atoms with van der Waals surface area (Å²) in [6.07, 6.45) is -0.317. The van der Waals surface area contributed by atoms with Crippen LogP contribution in [0.3, 0.4) is 0 Å². The number of amidine groups is 1. The zero-order chi connectivity index (χ0) is 40.1. The van der Waals surface area contributed by atoms with E-state index in [0.717, 1.165) is 44.2 Å². The Hall–Kier alpha value is -4.81. The largest absolute Gasteiger partial charge is 0.449 e. The second-order valence-electron chi connectivity index (χ2n) is 15.6. The Morgan fingerprint density at radius 2 is 1.47 bits per heavy atom. The molecule has 1 aliphatic carbocycles. The number of benzene rings is 4. The van der Waals surface area contributed by atoms with Crippen LogP contribution in [0.4, 0.5) is 4.79 Å². The van der Waals surface area contributed by atoms with E-state index in [0.29, 0.717) is 41.3 Å². The first-order valence-electron chi connectivity index (χ1n) is 19.7. The molecule has 58 heavy (non-hydrogen) atoms. The summed E-state index contributed by atoms with van der Waals surface area (Å²) in [5.74, 6) is -0.566. The molecule has 4 heterocycles. The number of nitrogens with one attached hydrogen (secondary N) is 1.